The van der Waals surface area contributed by atoms with Gasteiger partial charge in [-0.15, -0.1) is 0 Å². The quantitative estimate of drug-likeness (QED) is 0.717. The summed E-state index contributed by atoms with van der Waals surface area (Å²) in [6, 6.07) is 0.599. The average molecular weight is 258 g/mol. The van der Waals surface area contributed by atoms with Crippen molar-refractivity contribution in [3.05, 3.63) is 0 Å². The third-order valence-corrected chi connectivity index (χ3v) is 3.66. The van der Waals surface area contributed by atoms with Crippen LogP contribution in [0.1, 0.15) is 34.1 Å². The molecule has 0 aliphatic carbocycles. The molecule has 1 aliphatic rings. The van der Waals surface area contributed by atoms with Crippen molar-refractivity contribution >= 4 is 0 Å². The van der Waals surface area contributed by atoms with E-state index in [0.717, 1.165) is 39.2 Å². The number of aliphatic hydroxyl groups is 1. The summed E-state index contributed by atoms with van der Waals surface area (Å²) in [6.45, 7) is 13.8. The molecule has 0 aromatic carbocycles. The SMILES string of the molecule is CC(C)N1CCOC(CNCC(C)(C)CCO)C1. The van der Waals surface area contributed by atoms with Gasteiger partial charge in [0, 0.05) is 38.8 Å². The smallest absolute Gasteiger partial charge is 0.0826 e. The fraction of sp³-hybridized carbons (Fsp3) is 1.00. The Morgan fingerprint density at radius 2 is 2.17 bits per heavy atom. The highest BCUT2D eigenvalue weighted by molar-refractivity contribution is 4.77. The maximum atomic E-state index is 8.99. The molecular weight excluding hydrogens is 228 g/mol. The molecule has 0 aromatic rings. The van der Waals surface area contributed by atoms with Gasteiger partial charge < -0.3 is 15.2 Å². The van der Waals surface area contributed by atoms with Crippen molar-refractivity contribution in [2.24, 2.45) is 5.41 Å². The summed E-state index contributed by atoms with van der Waals surface area (Å²) in [5, 5.41) is 12.5. The first-order valence-electron chi connectivity index (χ1n) is 7.12. The van der Waals surface area contributed by atoms with Gasteiger partial charge in [-0.1, -0.05) is 13.8 Å². The van der Waals surface area contributed by atoms with Gasteiger partial charge in [0.2, 0.25) is 0 Å². The number of hydrogen-bond donors (Lipinski definition) is 2. The highest BCUT2D eigenvalue weighted by Crippen LogP contribution is 2.18. The summed E-state index contributed by atoms with van der Waals surface area (Å²) < 4.78 is 5.78. The fourth-order valence-electron chi connectivity index (χ4n) is 2.30. The van der Waals surface area contributed by atoms with E-state index in [2.05, 4.69) is 37.9 Å². The summed E-state index contributed by atoms with van der Waals surface area (Å²) in [4.78, 5) is 2.47. The molecule has 108 valence electrons. The Bertz CT molecular complexity index is 232. The molecule has 1 saturated heterocycles. The minimum Gasteiger partial charge on any atom is -0.396 e. The van der Waals surface area contributed by atoms with Gasteiger partial charge in [-0.3, -0.25) is 4.90 Å². The topological polar surface area (TPSA) is 44.7 Å². The normalized spacial score (nSPS) is 22.7. The molecule has 18 heavy (non-hydrogen) atoms. The van der Waals surface area contributed by atoms with E-state index < -0.39 is 0 Å². The van der Waals surface area contributed by atoms with E-state index in [4.69, 9.17) is 9.84 Å². The lowest BCUT2D eigenvalue weighted by molar-refractivity contribution is -0.0378. The van der Waals surface area contributed by atoms with Gasteiger partial charge in [0.1, 0.15) is 0 Å². The van der Waals surface area contributed by atoms with Crippen LogP contribution in [0.15, 0.2) is 0 Å². The third kappa shape index (κ3) is 5.65. The van der Waals surface area contributed by atoms with Gasteiger partial charge in [-0.05, 0) is 25.7 Å². The van der Waals surface area contributed by atoms with Crippen LogP contribution in [-0.4, -0.2) is 61.5 Å². The number of hydrogen-bond acceptors (Lipinski definition) is 4. The van der Waals surface area contributed by atoms with Crippen LogP contribution in [0.2, 0.25) is 0 Å². The zero-order chi connectivity index (χ0) is 13.6. The van der Waals surface area contributed by atoms with Gasteiger partial charge in [0.15, 0.2) is 0 Å². The number of rotatable bonds is 7. The van der Waals surface area contributed by atoms with E-state index in [1.165, 1.54) is 0 Å². The molecule has 0 radical (unpaired) electrons. The number of aliphatic hydroxyl groups excluding tert-OH is 1. The van der Waals surface area contributed by atoms with Crippen molar-refractivity contribution in [2.45, 2.75) is 46.3 Å². The van der Waals surface area contributed by atoms with Crippen molar-refractivity contribution in [3.8, 4) is 0 Å². The molecule has 1 unspecified atom stereocenters. The van der Waals surface area contributed by atoms with Crippen molar-refractivity contribution < 1.29 is 9.84 Å². The van der Waals surface area contributed by atoms with Gasteiger partial charge in [0.05, 0.1) is 12.7 Å². The zero-order valence-corrected chi connectivity index (χ0v) is 12.4. The summed E-state index contributed by atoms with van der Waals surface area (Å²) in [5.74, 6) is 0. The molecule has 0 saturated carbocycles. The summed E-state index contributed by atoms with van der Waals surface area (Å²) in [6.07, 6.45) is 1.13. The standard InChI is InChI=1S/C14H30N2O2/c1-12(2)16-6-8-18-13(10-16)9-15-11-14(3,4)5-7-17/h12-13,15,17H,5-11H2,1-4H3. The Labute approximate surface area is 112 Å². The van der Waals surface area contributed by atoms with E-state index >= 15 is 0 Å². The average Bonchev–Trinajstić information content (AvgIpc) is 2.29. The van der Waals surface area contributed by atoms with E-state index in [1.54, 1.807) is 0 Å². The first-order chi connectivity index (χ1) is 8.44. The summed E-state index contributed by atoms with van der Waals surface area (Å²) in [5.41, 5.74) is 0.154. The van der Waals surface area contributed by atoms with E-state index in [-0.39, 0.29) is 12.0 Å². The Morgan fingerprint density at radius 3 is 2.78 bits per heavy atom. The second-order valence-electron chi connectivity index (χ2n) is 6.35. The van der Waals surface area contributed by atoms with E-state index in [0.29, 0.717) is 12.1 Å². The highest BCUT2D eigenvalue weighted by Gasteiger charge is 2.23. The number of morpholine rings is 1. The lowest BCUT2D eigenvalue weighted by Gasteiger charge is -2.36. The van der Waals surface area contributed by atoms with Crippen LogP contribution in [0.25, 0.3) is 0 Å². The van der Waals surface area contributed by atoms with Crippen molar-refractivity contribution in [1.29, 1.82) is 0 Å². The maximum absolute atomic E-state index is 8.99. The second-order valence-corrected chi connectivity index (χ2v) is 6.35. The Kier molecular flexibility index (Phi) is 6.57. The van der Waals surface area contributed by atoms with E-state index in [9.17, 15) is 0 Å². The Balaban J connectivity index is 2.23. The lowest BCUT2D eigenvalue weighted by atomic mass is 9.90. The maximum Gasteiger partial charge on any atom is 0.0826 e. The molecule has 4 nitrogen and oxygen atoms in total. The van der Waals surface area contributed by atoms with Crippen LogP contribution in [0.5, 0.6) is 0 Å². The molecule has 1 fully saturated rings. The Morgan fingerprint density at radius 1 is 1.44 bits per heavy atom. The highest BCUT2D eigenvalue weighted by atomic mass is 16.5. The van der Waals surface area contributed by atoms with Gasteiger partial charge in [-0.2, -0.15) is 0 Å². The lowest BCUT2D eigenvalue weighted by Crippen LogP contribution is -2.49. The molecule has 0 aromatic heterocycles. The second kappa shape index (κ2) is 7.43. The molecule has 0 spiro atoms. The molecule has 1 aliphatic heterocycles. The minimum atomic E-state index is 0.154. The number of nitrogens with zero attached hydrogens (tertiary/aromatic N) is 1. The molecule has 1 atom stereocenters. The van der Waals surface area contributed by atoms with Crippen LogP contribution in [-0.2, 0) is 4.74 Å². The molecule has 1 rings (SSSR count). The van der Waals surface area contributed by atoms with Crippen LogP contribution in [0.4, 0.5) is 0 Å². The van der Waals surface area contributed by atoms with Crippen LogP contribution < -0.4 is 5.32 Å². The fourth-order valence-corrected chi connectivity index (χ4v) is 2.30. The molecule has 2 N–H and O–H groups in total. The predicted octanol–water partition coefficient (Wildman–Crippen LogP) is 1.09. The number of ether oxygens (including phenoxy) is 1. The zero-order valence-electron chi connectivity index (χ0n) is 12.4. The third-order valence-electron chi connectivity index (χ3n) is 3.66. The van der Waals surface area contributed by atoms with Gasteiger partial charge in [-0.25, -0.2) is 0 Å². The predicted molar refractivity (Wildman–Crippen MR) is 74.8 cm³/mol. The monoisotopic (exact) mass is 258 g/mol. The first-order valence-corrected chi connectivity index (χ1v) is 7.12. The van der Waals surface area contributed by atoms with Gasteiger partial charge >= 0.3 is 0 Å². The largest absolute Gasteiger partial charge is 0.396 e. The molecule has 0 amide bonds. The molecular formula is C14H30N2O2. The van der Waals surface area contributed by atoms with Crippen LogP contribution in [0, 0.1) is 5.41 Å². The Hall–Kier alpha value is -0.160. The minimum absolute atomic E-state index is 0.154. The summed E-state index contributed by atoms with van der Waals surface area (Å²) in [7, 11) is 0. The van der Waals surface area contributed by atoms with Crippen molar-refractivity contribution in [3.63, 3.8) is 0 Å². The van der Waals surface area contributed by atoms with Crippen LogP contribution >= 0.6 is 0 Å². The van der Waals surface area contributed by atoms with Crippen molar-refractivity contribution in [2.75, 3.05) is 39.4 Å². The summed E-state index contributed by atoms with van der Waals surface area (Å²) >= 11 is 0. The molecule has 1 heterocycles. The molecule has 0 bridgehead atoms. The van der Waals surface area contributed by atoms with Crippen molar-refractivity contribution in [1.82, 2.24) is 10.2 Å². The van der Waals surface area contributed by atoms with Crippen LogP contribution in [0.3, 0.4) is 0 Å². The number of nitrogens with one attached hydrogen (secondary N) is 1. The first kappa shape index (κ1) is 15.9. The van der Waals surface area contributed by atoms with Gasteiger partial charge in [0.25, 0.3) is 0 Å². The van der Waals surface area contributed by atoms with E-state index in [1.807, 2.05) is 0 Å². The molecule has 4 heteroatoms.